The lowest BCUT2D eigenvalue weighted by atomic mass is 10.1. The zero-order valence-corrected chi connectivity index (χ0v) is 12.8. The fourth-order valence-corrected chi connectivity index (χ4v) is 2.33. The lowest BCUT2D eigenvalue weighted by Gasteiger charge is -2.19. The maximum Gasteiger partial charge on any atom is 0.323 e. The first-order valence-corrected chi connectivity index (χ1v) is 7.39. The SMILES string of the molecule is CCCOc1ccc([C@H](C)N[C@H]2CCOC2=O)cc1OC. The minimum atomic E-state index is -0.220. The van der Waals surface area contributed by atoms with Gasteiger partial charge in [0.2, 0.25) is 0 Å². The van der Waals surface area contributed by atoms with Gasteiger partial charge in [0.15, 0.2) is 11.5 Å². The molecule has 1 N–H and O–H groups in total. The van der Waals surface area contributed by atoms with Crippen LogP contribution in [0.1, 0.15) is 38.3 Å². The van der Waals surface area contributed by atoms with Crippen molar-refractivity contribution in [1.82, 2.24) is 5.32 Å². The molecule has 2 rings (SSSR count). The number of cyclic esters (lactones) is 1. The highest BCUT2D eigenvalue weighted by atomic mass is 16.5. The number of carbonyl (C=O) groups is 1. The Bertz CT molecular complexity index is 489. The van der Waals surface area contributed by atoms with Crippen LogP contribution < -0.4 is 14.8 Å². The number of carbonyl (C=O) groups excluding carboxylic acids is 1. The third-order valence-electron chi connectivity index (χ3n) is 3.54. The van der Waals surface area contributed by atoms with E-state index in [0.29, 0.717) is 19.0 Å². The fraction of sp³-hybridized carbons (Fsp3) is 0.562. The number of rotatable bonds is 7. The molecular formula is C16H23NO4. The summed E-state index contributed by atoms with van der Waals surface area (Å²) in [6.07, 6.45) is 1.67. The highest BCUT2D eigenvalue weighted by molar-refractivity contribution is 5.77. The molecule has 0 amide bonds. The average Bonchev–Trinajstić information content (AvgIpc) is 2.90. The van der Waals surface area contributed by atoms with Gasteiger partial charge in [-0.3, -0.25) is 10.1 Å². The van der Waals surface area contributed by atoms with Crippen molar-refractivity contribution in [1.29, 1.82) is 0 Å². The lowest BCUT2D eigenvalue weighted by Crippen LogP contribution is -2.35. The summed E-state index contributed by atoms with van der Waals surface area (Å²) in [4.78, 5) is 11.5. The Hall–Kier alpha value is -1.75. The molecule has 0 saturated carbocycles. The summed E-state index contributed by atoms with van der Waals surface area (Å²) in [6.45, 7) is 5.24. The van der Waals surface area contributed by atoms with E-state index in [4.69, 9.17) is 14.2 Å². The van der Waals surface area contributed by atoms with E-state index in [1.807, 2.05) is 25.1 Å². The number of hydrogen-bond donors (Lipinski definition) is 1. The summed E-state index contributed by atoms with van der Waals surface area (Å²) in [7, 11) is 1.63. The normalized spacial score (nSPS) is 19.2. The number of ether oxygens (including phenoxy) is 3. The standard InChI is InChI=1S/C16H23NO4/c1-4-8-20-14-6-5-12(10-15(14)19-3)11(2)17-13-7-9-21-16(13)18/h5-6,10-11,13,17H,4,7-9H2,1-3H3/t11-,13-/m0/s1. The Labute approximate surface area is 125 Å². The summed E-state index contributed by atoms with van der Waals surface area (Å²) in [6, 6.07) is 5.67. The van der Waals surface area contributed by atoms with Gasteiger partial charge in [0.25, 0.3) is 0 Å². The van der Waals surface area contributed by atoms with Crippen LogP contribution in [0.25, 0.3) is 0 Å². The van der Waals surface area contributed by atoms with Gasteiger partial charge in [0.05, 0.1) is 20.3 Å². The van der Waals surface area contributed by atoms with E-state index in [0.717, 1.165) is 24.2 Å². The zero-order chi connectivity index (χ0) is 15.2. The summed E-state index contributed by atoms with van der Waals surface area (Å²) in [5.41, 5.74) is 1.05. The van der Waals surface area contributed by atoms with Gasteiger partial charge in [0.1, 0.15) is 6.04 Å². The summed E-state index contributed by atoms with van der Waals surface area (Å²) in [5.74, 6) is 1.29. The quantitative estimate of drug-likeness (QED) is 0.783. The van der Waals surface area contributed by atoms with Gasteiger partial charge in [-0.1, -0.05) is 13.0 Å². The van der Waals surface area contributed by atoms with Crippen LogP contribution in [0.4, 0.5) is 0 Å². The Morgan fingerprint density at radius 2 is 2.24 bits per heavy atom. The van der Waals surface area contributed by atoms with Crippen molar-refractivity contribution in [3.05, 3.63) is 23.8 Å². The third kappa shape index (κ3) is 3.88. The molecule has 1 aromatic carbocycles. The van der Waals surface area contributed by atoms with Crippen molar-refractivity contribution in [2.75, 3.05) is 20.3 Å². The van der Waals surface area contributed by atoms with Crippen molar-refractivity contribution < 1.29 is 19.0 Å². The molecule has 0 aromatic heterocycles. The van der Waals surface area contributed by atoms with Gasteiger partial charge < -0.3 is 14.2 Å². The molecule has 0 aliphatic carbocycles. The first kappa shape index (κ1) is 15.6. The smallest absolute Gasteiger partial charge is 0.323 e. The lowest BCUT2D eigenvalue weighted by molar-refractivity contribution is -0.139. The predicted molar refractivity (Wildman–Crippen MR) is 79.7 cm³/mol. The second kappa shape index (κ2) is 7.31. The van der Waals surface area contributed by atoms with E-state index >= 15 is 0 Å². The molecule has 116 valence electrons. The molecule has 1 heterocycles. The monoisotopic (exact) mass is 293 g/mol. The predicted octanol–water partition coefficient (Wildman–Crippen LogP) is 2.45. The zero-order valence-electron chi connectivity index (χ0n) is 12.8. The van der Waals surface area contributed by atoms with Crippen LogP contribution in [0, 0.1) is 0 Å². The molecule has 1 aliphatic heterocycles. The van der Waals surface area contributed by atoms with Gasteiger partial charge in [-0.05, 0) is 31.0 Å². The minimum absolute atomic E-state index is 0.0368. The van der Waals surface area contributed by atoms with Gasteiger partial charge in [-0.2, -0.15) is 0 Å². The molecule has 0 unspecified atom stereocenters. The van der Waals surface area contributed by atoms with Crippen LogP contribution in [0.5, 0.6) is 11.5 Å². The topological polar surface area (TPSA) is 56.8 Å². The maximum absolute atomic E-state index is 11.5. The third-order valence-corrected chi connectivity index (χ3v) is 3.54. The van der Waals surface area contributed by atoms with Crippen LogP contribution >= 0.6 is 0 Å². The van der Waals surface area contributed by atoms with Crippen molar-refractivity contribution in [3.63, 3.8) is 0 Å². The van der Waals surface area contributed by atoms with Gasteiger partial charge in [-0.25, -0.2) is 0 Å². The second-order valence-corrected chi connectivity index (χ2v) is 5.16. The Balaban J connectivity index is 2.06. The Morgan fingerprint density at radius 3 is 2.86 bits per heavy atom. The van der Waals surface area contributed by atoms with Gasteiger partial charge >= 0.3 is 5.97 Å². The fourth-order valence-electron chi connectivity index (χ4n) is 2.33. The molecule has 0 spiro atoms. The number of hydrogen-bond acceptors (Lipinski definition) is 5. The largest absolute Gasteiger partial charge is 0.493 e. The molecule has 5 heteroatoms. The van der Waals surface area contributed by atoms with Crippen LogP contribution in [0.3, 0.4) is 0 Å². The van der Waals surface area contributed by atoms with Crippen molar-refractivity contribution in [2.45, 2.75) is 38.8 Å². The van der Waals surface area contributed by atoms with E-state index in [1.54, 1.807) is 7.11 Å². The van der Waals surface area contributed by atoms with Crippen molar-refractivity contribution >= 4 is 5.97 Å². The molecule has 5 nitrogen and oxygen atoms in total. The molecule has 0 bridgehead atoms. The van der Waals surface area contributed by atoms with E-state index < -0.39 is 0 Å². The summed E-state index contributed by atoms with van der Waals surface area (Å²) >= 11 is 0. The van der Waals surface area contributed by atoms with Crippen molar-refractivity contribution in [2.24, 2.45) is 0 Å². The molecule has 21 heavy (non-hydrogen) atoms. The van der Waals surface area contributed by atoms with E-state index in [9.17, 15) is 4.79 Å². The number of benzene rings is 1. The number of esters is 1. The number of methoxy groups -OCH3 is 1. The van der Waals surface area contributed by atoms with Crippen LogP contribution in [0.2, 0.25) is 0 Å². The van der Waals surface area contributed by atoms with Crippen molar-refractivity contribution in [3.8, 4) is 11.5 Å². The first-order valence-electron chi connectivity index (χ1n) is 7.39. The molecule has 1 aromatic rings. The van der Waals surface area contributed by atoms with Crippen LogP contribution in [-0.4, -0.2) is 32.3 Å². The van der Waals surface area contributed by atoms with E-state index in [2.05, 4.69) is 12.2 Å². The van der Waals surface area contributed by atoms with E-state index in [1.165, 1.54) is 0 Å². The van der Waals surface area contributed by atoms with Gasteiger partial charge in [0, 0.05) is 12.5 Å². The Morgan fingerprint density at radius 1 is 1.43 bits per heavy atom. The molecule has 0 radical (unpaired) electrons. The number of nitrogens with one attached hydrogen (secondary N) is 1. The first-order chi connectivity index (χ1) is 10.2. The van der Waals surface area contributed by atoms with Crippen LogP contribution in [-0.2, 0) is 9.53 Å². The summed E-state index contributed by atoms with van der Waals surface area (Å²) < 4.78 is 16.0. The summed E-state index contributed by atoms with van der Waals surface area (Å²) in [5, 5.41) is 3.29. The maximum atomic E-state index is 11.5. The molecule has 2 atom stereocenters. The highest BCUT2D eigenvalue weighted by Gasteiger charge is 2.27. The average molecular weight is 293 g/mol. The molecule has 1 saturated heterocycles. The molecule has 1 fully saturated rings. The Kier molecular flexibility index (Phi) is 5.44. The second-order valence-electron chi connectivity index (χ2n) is 5.16. The molecular weight excluding hydrogens is 270 g/mol. The highest BCUT2D eigenvalue weighted by Crippen LogP contribution is 2.30. The molecule has 1 aliphatic rings. The van der Waals surface area contributed by atoms with E-state index in [-0.39, 0.29) is 18.1 Å². The minimum Gasteiger partial charge on any atom is -0.493 e. The van der Waals surface area contributed by atoms with Gasteiger partial charge in [-0.15, -0.1) is 0 Å². The van der Waals surface area contributed by atoms with Crippen LogP contribution in [0.15, 0.2) is 18.2 Å².